The van der Waals surface area contributed by atoms with Crippen LogP contribution in [-0.4, -0.2) is 51.6 Å². The van der Waals surface area contributed by atoms with Crippen LogP contribution in [0.2, 0.25) is 0 Å². The van der Waals surface area contributed by atoms with Crippen molar-refractivity contribution in [3.8, 4) is 0 Å². The highest BCUT2D eigenvalue weighted by molar-refractivity contribution is 8.00. The Balaban J connectivity index is 0.000000855. The Labute approximate surface area is 286 Å². The Morgan fingerprint density at radius 3 is 1.69 bits per heavy atom. The molecule has 0 heterocycles. The summed E-state index contributed by atoms with van der Waals surface area (Å²) < 4.78 is 4.36. The van der Waals surface area contributed by atoms with Crippen LogP contribution in [-0.2, 0) is 30.6 Å². The Hall–Kier alpha value is -2.20. The molecular weight excluding hydrogens is 628 g/mol. The number of carboxylic acid groups (broad SMARTS) is 1. The van der Waals surface area contributed by atoms with E-state index >= 15 is 0 Å². The first-order valence-electron chi connectivity index (χ1n) is 15.8. The molecule has 10 heteroatoms. The molecule has 0 aliphatic carbocycles. The Kier molecular flexibility index (Phi) is 22.9. The second-order valence-electron chi connectivity index (χ2n) is 11.4. The minimum Gasteiger partial charge on any atom is -0.480 e. The van der Waals surface area contributed by atoms with Crippen molar-refractivity contribution in [3.63, 3.8) is 0 Å². The van der Waals surface area contributed by atoms with Gasteiger partial charge in [-0.2, -0.15) is 0 Å². The molecule has 2 aromatic carbocycles. The molecule has 45 heavy (non-hydrogen) atoms. The van der Waals surface area contributed by atoms with E-state index in [0.717, 1.165) is 62.9 Å². The summed E-state index contributed by atoms with van der Waals surface area (Å²) in [5.41, 5.74) is 8.33. The number of hydrogen-bond donors (Lipinski definition) is 3. The smallest absolute Gasteiger partial charge is 0.330 e. The maximum Gasteiger partial charge on any atom is 0.330 e. The van der Waals surface area contributed by atoms with Gasteiger partial charge in [-0.3, -0.25) is 9.59 Å². The number of benzene rings is 2. The molecule has 0 aromatic heterocycles. The summed E-state index contributed by atoms with van der Waals surface area (Å²) in [6.07, 6.45) is 8.80. The van der Waals surface area contributed by atoms with Crippen LogP contribution >= 0.6 is 35.9 Å². The van der Waals surface area contributed by atoms with Gasteiger partial charge >= 0.3 is 11.9 Å². The molecule has 2 aromatic rings. The van der Waals surface area contributed by atoms with Gasteiger partial charge in [0.15, 0.2) is 0 Å². The molecule has 4 atom stereocenters. The van der Waals surface area contributed by atoms with Crippen LogP contribution in [0, 0.1) is 0 Å². The molecule has 1 amide bonds. The Morgan fingerprint density at radius 2 is 1.29 bits per heavy atom. The lowest BCUT2D eigenvalue weighted by Gasteiger charge is -2.35. The summed E-state index contributed by atoms with van der Waals surface area (Å²) >= 11 is 3.37. The Bertz CT molecular complexity index is 1080. The first kappa shape index (κ1) is 42.8. The Morgan fingerprint density at radius 1 is 0.844 bits per heavy atom. The lowest BCUT2D eigenvalue weighted by atomic mass is 9.94. The average Bonchev–Trinajstić information content (AvgIpc) is 3.03. The molecule has 7 nitrogen and oxygen atoms in total. The zero-order valence-corrected chi connectivity index (χ0v) is 30.1. The number of unbranched alkanes of at least 4 members (excludes halogenated alkanes) is 4. The van der Waals surface area contributed by atoms with E-state index in [4.69, 9.17) is 10.5 Å². The molecule has 0 aliphatic heterocycles. The summed E-state index contributed by atoms with van der Waals surface area (Å²) in [6.45, 7) is 10.4. The van der Waals surface area contributed by atoms with Crippen molar-refractivity contribution < 1.29 is 24.2 Å². The highest BCUT2D eigenvalue weighted by Gasteiger charge is 2.40. The fraction of sp³-hybridized carbons (Fsp3) is 0.571. The van der Waals surface area contributed by atoms with Crippen molar-refractivity contribution in [3.05, 3.63) is 71.8 Å². The van der Waals surface area contributed by atoms with Gasteiger partial charge in [-0.25, -0.2) is 4.79 Å². The van der Waals surface area contributed by atoms with Gasteiger partial charge in [-0.1, -0.05) is 113 Å². The second kappa shape index (κ2) is 24.0. The number of nitrogens with two attached hydrogens (primary N) is 1. The van der Waals surface area contributed by atoms with E-state index in [9.17, 15) is 19.5 Å². The third-order valence-corrected chi connectivity index (χ3v) is 10.8. The van der Waals surface area contributed by atoms with Gasteiger partial charge in [0.05, 0.1) is 6.61 Å². The molecule has 2 rings (SSSR count). The summed E-state index contributed by atoms with van der Waals surface area (Å²) in [5.74, 6) is 0.318. The fourth-order valence-electron chi connectivity index (χ4n) is 4.76. The molecule has 254 valence electrons. The van der Waals surface area contributed by atoms with Gasteiger partial charge in [0.2, 0.25) is 6.41 Å². The lowest BCUT2D eigenvalue weighted by molar-refractivity contribution is -0.147. The molecule has 0 saturated carbocycles. The van der Waals surface area contributed by atoms with Crippen LogP contribution in [0.25, 0.3) is 0 Å². The largest absolute Gasteiger partial charge is 0.480 e. The van der Waals surface area contributed by atoms with E-state index in [1.165, 1.54) is 11.1 Å². The predicted octanol–water partition coefficient (Wildman–Crippen LogP) is 8.03. The number of amides is 1. The van der Waals surface area contributed by atoms with Crippen LogP contribution in [0.15, 0.2) is 60.7 Å². The number of aliphatic carboxylic acids is 1. The zero-order chi connectivity index (χ0) is 32.8. The average molecular weight is 683 g/mol. The minimum atomic E-state index is -0.912. The summed E-state index contributed by atoms with van der Waals surface area (Å²) in [4.78, 5) is 34.7. The number of nitrogens with one attached hydrogen (secondary N) is 1. The van der Waals surface area contributed by atoms with Gasteiger partial charge < -0.3 is 20.9 Å². The van der Waals surface area contributed by atoms with E-state index < -0.39 is 27.5 Å². The van der Waals surface area contributed by atoms with Crippen molar-refractivity contribution in [2.45, 2.75) is 119 Å². The molecule has 0 bridgehead atoms. The van der Waals surface area contributed by atoms with E-state index in [1.807, 2.05) is 50.2 Å². The number of halogens is 1. The fourth-order valence-corrected chi connectivity index (χ4v) is 7.33. The number of ether oxygens (including phenoxy) is 1. The quantitative estimate of drug-likeness (QED) is 0.0688. The lowest BCUT2D eigenvalue weighted by Crippen LogP contribution is -2.52. The van der Waals surface area contributed by atoms with E-state index in [2.05, 4.69) is 43.4 Å². The van der Waals surface area contributed by atoms with Crippen molar-refractivity contribution >= 4 is 54.3 Å². The van der Waals surface area contributed by atoms with Gasteiger partial charge in [0.25, 0.3) is 0 Å². The van der Waals surface area contributed by atoms with E-state index in [-0.39, 0.29) is 18.4 Å². The van der Waals surface area contributed by atoms with Crippen LogP contribution in [0.1, 0.15) is 97.1 Å². The third-order valence-electron chi connectivity index (χ3n) is 7.67. The molecule has 0 radical (unpaired) electrons. The van der Waals surface area contributed by atoms with Crippen LogP contribution < -0.4 is 11.1 Å². The van der Waals surface area contributed by atoms with Crippen molar-refractivity contribution in [2.75, 3.05) is 6.61 Å². The van der Waals surface area contributed by atoms with Gasteiger partial charge in [0, 0.05) is 21.0 Å². The van der Waals surface area contributed by atoms with Gasteiger partial charge in [-0.15, -0.1) is 35.9 Å². The number of carbonyl (C=O) groups excluding carboxylic acids is 2. The number of carbonyl (C=O) groups is 3. The highest BCUT2D eigenvalue weighted by Crippen LogP contribution is 2.38. The van der Waals surface area contributed by atoms with Crippen LogP contribution in [0.4, 0.5) is 0 Å². The third kappa shape index (κ3) is 16.3. The van der Waals surface area contributed by atoms with E-state index in [1.54, 1.807) is 30.4 Å². The normalized spacial score (nSPS) is 14.6. The number of esters is 1. The molecule has 0 spiro atoms. The zero-order valence-electron chi connectivity index (χ0n) is 27.7. The number of thioether (sulfide) groups is 2. The number of carboxylic acids is 1. The number of rotatable bonds is 21. The first-order valence-corrected chi connectivity index (χ1v) is 17.7. The predicted molar refractivity (Wildman–Crippen MR) is 193 cm³/mol. The summed E-state index contributed by atoms with van der Waals surface area (Å²) in [6, 6.07) is 18.8. The molecule has 4 N–H and O–H groups in total. The van der Waals surface area contributed by atoms with Gasteiger partial charge in [-0.05, 0) is 44.7 Å². The topological polar surface area (TPSA) is 119 Å². The maximum absolute atomic E-state index is 12.4. The first-order chi connectivity index (χ1) is 21.1. The van der Waals surface area contributed by atoms with Crippen molar-refractivity contribution in [2.24, 2.45) is 5.73 Å². The summed E-state index contributed by atoms with van der Waals surface area (Å²) in [7, 11) is 0. The molecule has 0 saturated heterocycles. The molecule has 4 unspecified atom stereocenters. The van der Waals surface area contributed by atoms with Crippen molar-refractivity contribution in [1.82, 2.24) is 5.32 Å². The number of hydrogen-bond acceptors (Lipinski definition) is 7. The van der Waals surface area contributed by atoms with Crippen molar-refractivity contribution in [1.29, 1.82) is 0 Å². The molecule has 0 fully saturated rings. The monoisotopic (exact) mass is 682 g/mol. The summed E-state index contributed by atoms with van der Waals surface area (Å²) in [5, 5.41) is 11.9. The van der Waals surface area contributed by atoms with Crippen LogP contribution in [0.3, 0.4) is 0 Å². The highest BCUT2D eigenvalue weighted by atomic mass is 35.5. The van der Waals surface area contributed by atoms with Crippen LogP contribution in [0.5, 0.6) is 0 Å². The molecular formula is C35H55ClN2O5S2. The standard InChI is InChI=1S/C19H29NO3S.C16H25NO2S.ClH/c1-4-6-10-13-19(3,17(20-15-21)18(22)23-5-2)24-14-16-11-8-7-9-12-16;1-3-4-8-11-16(2,14(17)15(18)19)20-12-13-9-6-5-7-10-13;/h7-9,11-12,15,17H,4-6,10,13-14H2,1-3H3,(H,20,21);5-7,9-10,14H,3-4,8,11-12,17H2,1-2H3,(H,18,19);1H. The molecule has 0 aliphatic rings. The maximum atomic E-state index is 12.4. The van der Waals surface area contributed by atoms with Gasteiger partial charge in [0.1, 0.15) is 12.1 Å². The minimum absolute atomic E-state index is 0. The SMILES string of the molecule is CCCCCC(C)(SCc1ccccc1)C(N)C(=O)O.CCCCCC(C)(SCc1ccccc1)C(NC=O)C(=O)OCC.Cl. The van der Waals surface area contributed by atoms with E-state index in [0.29, 0.717) is 13.0 Å². The second-order valence-corrected chi connectivity index (χ2v) is 14.4.